The Balaban J connectivity index is 1.64. The first-order valence-electron chi connectivity index (χ1n) is 16.2. The number of ether oxygens (including phenoxy) is 1. The van der Waals surface area contributed by atoms with Gasteiger partial charge in [0.1, 0.15) is 28.7 Å². The Morgan fingerprint density at radius 1 is 0.957 bits per heavy atom. The average Bonchev–Trinajstić information content (AvgIpc) is 3.58. The van der Waals surface area contributed by atoms with Crippen molar-refractivity contribution in [3.63, 3.8) is 0 Å². The van der Waals surface area contributed by atoms with Crippen LogP contribution < -0.4 is 10.1 Å². The molecule has 8 heteroatoms. The van der Waals surface area contributed by atoms with Gasteiger partial charge in [-0.05, 0) is 92.6 Å². The largest absolute Gasteiger partial charge is 0.490 e. The van der Waals surface area contributed by atoms with E-state index in [0.717, 1.165) is 54.0 Å². The molecule has 6 rings (SSSR count). The first-order chi connectivity index (χ1) is 21.7. The van der Waals surface area contributed by atoms with Gasteiger partial charge in [0.25, 0.3) is 5.91 Å². The van der Waals surface area contributed by atoms with Crippen LogP contribution in [0.4, 0.5) is 0 Å². The number of fused-ring (bicyclic) bond motifs is 1. The molecule has 0 radical (unpaired) electrons. The lowest BCUT2D eigenvalue weighted by molar-refractivity contribution is -0.134. The van der Waals surface area contributed by atoms with Gasteiger partial charge in [0.05, 0.1) is 11.7 Å². The Hall–Kier alpha value is -3.32. The zero-order valence-electron chi connectivity index (χ0n) is 27.8. The van der Waals surface area contributed by atoms with Crippen LogP contribution in [0.15, 0.2) is 83.5 Å². The number of halogens is 2. The Morgan fingerprint density at radius 2 is 1.59 bits per heavy atom. The molecule has 0 aromatic heterocycles. The highest BCUT2D eigenvalue weighted by Crippen LogP contribution is 2.54. The maximum atomic E-state index is 15.3. The second-order valence-corrected chi connectivity index (χ2v) is 15.1. The quantitative estimate of drug-likeness (QED) is 0.291. The van der Waals surface area contributed by atoms with E-state index >= 15 is 4.79 Å². The second-order valence-electron chi connectivity index (χ2n) is 14.2. The van der Waals surface area contributed by atoms with E-state index in [1.807, 2.05) is 67.3 Å². The maximum Gasteiger partial charge on any atom is 0.252 e. The minimum Gasteiger partial charge on any atom is -0.490 e. The molecule has 0 bridgehead atoms. The predicted molar refractivity (Wildman–Crippen MR) is 188 cm³/mol. The molecule has 242 valence electrons. The van der Waals surface area contributed by atoms with Crippen molar-refractivity contribution >= 4 is 34.9 Å². The minimum absolute atomic E-state index is 0.0536. The number of hydrogen-bond donors (Lipinski definition) is 1. The van der Waals surface area contributed by atoms with E-state index in [1.165, 1.54) is 0 Å². The summed E-state index contributed by atoms with van der Waals surface area (Å²) < 4.78 is 6.53. The van der Waals surface area contributed by atoms with Crippen LogP contribution >= 0.6 is 23.2 Å². The molecule has 1 unspecified atom stereocenters. The number of amidine groups is 1. The molecule has 3 aliphatic heterocycles. The molecule has 3 aliphatic rings. The van der Waals surface area contributed by atoms with Gasteiger partial charge in [-0.15, -0.1) is 0 Å². The highest BCUT2D eigenvalue weighted by atomic mass is 35.5. The van der Waals surface area contributed by atoms with Crippen LogP contribution in [0.25, 0.3) is 0 Å². The van der Waals surface area contributed by atoms with Crippen LogP contribution in [-0.2, 0) is 21.3 Å². The number of carbonyl (C=O) groups excluding carboxylic acids is 1. The second kappa shape index (κ2) is 12.0. The van der Waals surface area contributed by atoms with Gasteiger partial charge >= 0.3 is 0 Å². The van der Waals surface area contributed by atoms with Crippen LogP contribution in [0.5, 0.6) is 5.75 Å². The summed E-state index contributed by atoms with van der Waals surface area (Å²) in [6.45, 7) is 17.4. The number of amides is 1. The minimum atomic E-state index is -0.960. The van der Waals surface area contributed by atoms with E-state index in [1.54, 1.807) is 0 Å². The molecule has 46 heavy (non-hydrogen) atoms. The Bertz CT molecular complexity index is 1690. The fourth-order valence-electron chi connectivity index (χ4n) is 7.09. The number of nitrogens with one attached hydrogen (secondary N) is 1. The van der Waals surface area contributed by atoms with Crippen molar-refractivity contribution in [1.29, 1.82) is 0 Å². The molecular weight excluding hydrogens is 615 g/mol. The number of rotatable bonds is 6. The lowest BCUT2D eigenvalue weighted by atomic mass is 9.70. The molecule has 1 amide bonds. The summed E-state index contributed by atoms with van der Waals surface area (Å²) in [6.07, 6.45) is 3.05. The first kappa shape index (κ1) is 32.6. The van der Waals surface area contributed by atoms with E-state index in [0.29, 0.717) is 21.6 Å². The first-order valence-corrected chi connectivity index (χ1v) is 17.0. The molecule has 3 heterocycles. The summed E-state index contributed by atoms with van der Waals surface area (Å²) in [6, 6.07) is 21.4. The van der Waals surface area contributed by atoms with Crippen molar-refractivity contribution in [1.82, 2.24) is 15.1 Å². The van der Waals surface area contributed by atoms with E-state index in [4.69, 9.17) is 32.9 Å². The standard InChI is InChI=1S/C38H44Cl2N4O2/c1-24(2)46-32-23-27(36(3,4)5)14-19-30(32)34-42-37(6,25-10-15-28(39)16-11-25)38(7,26-12-17-29(40)18-13-26)44(34)35(45)33-31-9-8-21-43(31)22-20-41-33/h9-19,23-24,33,41H,8,20-22H2,1-7H3/t33?,37-,38+/m0/s1. The van der Waals surface area contributed by atoms with Crippen LogP contribution in [-0.4, -0.2) is 53.3 Å². The highest BCUT2D eigenvalue weighted by Gasteiger charge is 2.60. The van der Waals surface area contributed by atoms with Gasteiger partial charge in [-0.1, -0.05) is 80.4 Å². The third-order valence-electron chi connectivity index (χ3n) is 9.81. The van der Waals surface area contributed by atoms with Crippen molar-refractivity contribution < 1.29 is 9.53 Å². The number of nitrogens with zero attached hydrogens (tertiary/aromatic N) is 3. The molecule has 3 aromatic carbocycles. The lowest BCUT2D eigenvalue weighted by Gasteiger charge is -2.47. The fourth-order valence-corrected chi connectivity index (χ4v) is 7.35. The molecular formula is C38H44Cl2N4O2. The van der Waals surface area contributed by atoms with Crippen LogP contribution in [0.1, 0.15) is 77.1 Å². The summed E-state index contributed by atoms with van der Waals surface area (Å²) in [5, 5.41) is 4.83. The Kier molecular flexibility index (Phi) is 8.54. The summed E-state index contributed by atoms with van der Waals surface area (Å²) >= 11 is 12.8. The van der Waals surface area contributed by atoms with Gasteiger partial charge in [0.2, 0.25) is 0 Å². The van der Waals surface area contributed by atoms with Crippen LogP contribution in [0, 0.1) is 0 Å². The Labute approximate surface area is 283 Å². The number of hydrogen-bond acceptors (Lipinski definition) is 5. The molecule has 1 fully saturated rings. The molecule has 3 atom stereocenters. The molecule has 0 spiro atoms. The predicted octanol–water partition coefficient (Wildman–Crippen LogP) is 8.06. The number of piperazine rings is 1. The molecule has 1 N–H and O–H groups in total. The van der Waals surface area contributed by atoms with E-state index in [-0.39, 0.29) is 17.4 Å². The van der Waals surface area contributed by atoms with Crippen molar-refractivity contribution in [2.75, 3.05) is 19.6 Å². The summed E-state index contributed by atoms with van der Waals surface area (Å²) in [7, 11) is 0. The van der Waals surface area contributed by atoms with Crippen LogP contribution in [0.3, 0.4) is 0 Å². The lowest BCUT2D eigenvalue weighted by Crippen LogP contribution is -2.62. The fraction of sp³-hybridized carbons (Fsp3) is 0.421. The van der Waals surface area contributed by atoms with Gasteiger partial charge in [-0.2, -0.15) is 0 Å². The summed E-state index contributed by atoms with van der Waals surface area (Å²) in [5.41, 5.74) is 2.86. The number of carbonyl (C=O) groups is 1. The SMILES string of the molecule is CC(C)Oc1cc(C(C)(C)C)ccc1C1=N[C@@](C)(c2ccc(Cl)cc2)[C@@](C)(c2ccc(Cl)cc2)N1C(=O)C1NCCN2CCC=C12. The molecule has 3 aromatic rings. The monoisotopic (exact) mass is 658 g/mol. The van der Waals surface area contributed by atoms with E-state index in [9.17, 15) is 0 Å². The topological polar surface area (TPSA) is 57.2 Å². The molecule has 0 aliphatic carbocycles. The summed E-state index contributed by atoms with van der Waals surface area (Å²) in [5.74, 6) is 1.23. The third-order valence-corrected chi connectivity index (χ3v) is 10.3. The van der Waals surface area contributed by atoms with E-state index < -0.39 is 17.1 Å². The van der Waals surface area contributed by atoms with Crippen molar-refractivity contribution in [2.24, 2.45) is 4.99 Å². The van der Waals surface area contributed by atoms with Gasteiger partial charge < -0.3 is 9.64 Å². The van der Waals surface area contributed by atoms with Gasteiger partial charge in [0.15, 0.2) is 0 Å². The van der Waals surface area contributed by atoms with E-state index in [2.05, 4.69) is 69.1 Å². The van der Waals surface area contributed by atoms with Crippen molar-refractivity contribution in [3.05, 3.63) is 111 Å². The highest BCUT2D eigenvalue weighted by molar-refractivity contribution is 6.30. The zero-order valence-corrected chi connectivity index (χ0v) is 29.3. The molecule has 0 saturated carbocycles. The number of benzene rings is 3. The normalized spacial score (nSPS) is 24.6. The van der Waals surface area contributed by atoms with Crippen LogP contribution in [0.2, 0.25) is 10.0 Å². The summed E-state index contributed by atoms with van der Waals surface area (Å²) in [4.78, 5) is 25.2. The smallest absolute Gasteiger partial charge is 0.252 e. The van der Waals surface area contributed by atoms with Crippen molar-refractivity contribution in [2.45, 2.75) is 83.5 Å². The average molecular weight is 660 g/mol. The van der Waals surface area contributed by atoms with Gasteiger partial charge in [0, 0.05) is 35.4 Å². The number of aliphatic imine (C=N–C) groups is 1. The van der Waals surface area contributed by atoms with Gasteiger partial charge in [-0.3, -0.25) is 20.0 Å². The molecule has 1 saturated heterocycles. The molecule has 6 nitrogen and oxygen atoms in total. The zero-order chi connectivity index (χ0) is 33.0. The third kappa shape index (κ3) is 5.52. The Morgan fingerprint density at radius 3 is 2.20 bits per heavy atom. The maximum absolute atomic E-state index is 15.3. The van der Waals surface area contributed by atoms with Crippen molar-refractivity contribution in [3.8, 4) is 5.75 Å². The van der Waals surface area contributed by atoms with Gasteiger partial charge in [-0.25, -0.2) is 0 Å².